The van der Waals surface area contributed by atoms with Crippen LogP contribution in [0.15, 0.2) is 85.1 Å². The van der Waals surface area contributed by atoms with Crippen molar-refractivity contribution in [2.24, 2.45) is 0 Å². The van der Waals surface area contributed by atoms with Gasteiger partial charge in [-0.2, -0.15) is 4.68 Å². The Bertz CT molecular complexity index is 1580. The first-order valence-corrected chi connectivity index (χ1v) is 11.6. The zero-order chi connectivity index (χ0) is 24.5. The quantitative estimate of drug-likeness (QED) is 0.385. The monoisotopic (exact) mass is 475 g/mol. The summed E-state index contributed by atoms with van der Waals surface area (Å²) in [5.41, 5.74) is 3.66. The lowest BCUT2D eigenvalue weighted by Crippen LogP contribution is -2.26. The highest BCUT2D eigenvalue weighted by Gasteiger charge is 2.28. The Kier molecular flexibility index (Phi) is 5.42. The Balaban J connectivity index is 1.33. The van der Waals surface area contributed by atoms with Crippen LogP contribution < -0.4 is 10.2 Å². The van der Waals surface area contributed by atoms with E-state index in [4.69, 9.17) is 0 Å². The number of fused-ring (bicyclic) bond motifs is 3. The molecule has 176 valence electrons. The van der Waals surface area contributed by atoms with E-state index in [1.54, 1.807) is 15.8 Å². The number of aryl methyl sites for hydroxylation is 2. The second-order valence-electron chi connectivity index (χ2n) is 8.48. The third-order valence-electron chi connectivity index (χ3n) is 6.19. The largest absolute Gasteiger partial charge is 0.323 e. The fraction of sp³-hybridized carbons (Fsp3) is 0.111. The van der Waals surface area contributed by atoms with Crippen molar-refractivity contribution < 1.29 is 9.59 Å². The summed E-state index contributed by atoms with van der Waals surface area (Å²) in [4.78, 5) is 31.6. The van der Waals surface area contributed by atoms with Gasteiger partial charge in [0.05, 0.1) is 17.1 Å². The molecule has 0 spiro atoms. The van der Waals surface area contributed by atoms with Crippen molar-refractivity contribution in [1.29, 1.82) is 0 Å². The number of aromatic nitrogens is 5. The molecule has 0 saturated carbocycles. The Hall–Kier alpha value is -4.92. The summed E-state index contributed by atoms with van der Waals surface area (Å²) in [5.74, 6) is 0.0848. The zero-order valence-corrected chi connectivity index (χ0v) is 19.2. The lowest BCUT2D eigenvalue weighted by Gasteiger charge is -2.23. The number of carbonyl (C=O) groups is 2. The molecular formula is C27H21N7O2. The van der Waals surface area contributed by atoms with Crippen molar-refractivity contribution in [3.05, 3.63) is 96.6 Å². The second-order valence-corrected chi connectivity index (χ2v) is 8.48. The third-order valence-corrected chi connectivity index (χ3v) is 6.19. The molecule has 0 saturated heterocycles. The van der Waals surface area contributed by atoms with Gasteiger partial charge in [0.25, 0.3) is 0 Å². The van der Waals surface area contributed by atoms with Gasteiger partial charge in [0, 0.05) is 29.4 Å². The maximum atomic E-state index is 13.1. The molecule has 3 heterocycles. The van der Waals surface area contributed by atoms with Crippen molar-refractivity contribution in [3.8, 4) is 5.69 Å². The summed E-state index contributed by atoms with van der Waals surface area (Å²) in [6.07, 6.45) is 2.87. The maximum Gasteiger partial charge on any atom is 0.241 e. The van der Waals surface area contributed by atoms with Crippen LogP contribution >= 0.6 is 0 Å². The van der Waals surface area contributed by atoms with E-state index in [2.05, 4.69) is 25.8 Å². The van der Waals surface area contributed by atoms with Crippen LogP contribution in [-0.4, -0.2) is 37.0 Å². The number of rotatable bonds is 5. The van der Waals surface area contributed by atoms with E-state index in [9.17, 15) is 9.59 Å². The number of benzene rings is 3. The van der Waals surface area contributed by atoms with Crippen LogP contribution in [0.5, 0.6) is 0 Å². The molecule has 0 unspecified atom stereocenters. The Labute approximate surface area is 206 Å². The van der Waals surface area contributed by atoms with Crippen molar-refractivity contribution in [2.45, 2.75) is 19.3 Å². The number of nitrogens with zero attached hydrogens (tertiary/aromatic N) is 6. The van der Waals surface area contributed by atoms with E-state index in [-0.39, 0.29) is 18.2 Å². The fourth-order valence-corrected chi connectivity index (χ4v) is 4.49. The van der Waals surface area contributed by atoms with Gasteiger partial charge in [-0.3, -0.25) is 19.5 Å². The average Bonchev–Trinajstić information content (AvgIpc) is 3.33. The first-order chi connectivity index (χ1) is 17.7. The molecule has 2 amide bonds. The van der Waals surface area contributed by atoms with Crippen LogP contribution in [0.4, 0.5) is 17.1 Å². The van der Waals surface area contributed by atoms with E-state index < -0.39 is 0 Å². The van der Waals surface area contributed by atoms with Crippen molar-refractivity contribution >= 4 is 39.6 Å². The summed E-state index contributed by atoms with van der Waals surface area (Å²) >= 11 is 0. The molecule has 5 aromatic rings. The minimum atomic E-state index is -0.331. The second kappa shape index (κ2) is 9.03. The minimum Gasteiger partial charge on any atom is -0.323 e. The van der Waals surface area contributed by atoms with E-state index in [1.165, 1.54) is 0 Å². The number of amides is 2. The van der Waals surface area contributed by atoms with Gasteiger partial charge in [-0.15, -0.1) is 5.10 Å². The van der Waals surface area contributed by atoms with E-state index >= 15 is 0 Å². The standard InChI is InChI=1S/C27H21N7O2/c35-25-17-26(36)33(23-14-8-18-5-1-2-7-22(18)27(23)29-25)20-10-12-21(13-11-20)34-24(30-31-32-34)15-9-19-6-3-4-16-28-19/h1-8,10-14,16H,9,15,17H2,(H,29,35). The molecule has 9 nitrogen and oxygen atoms in total. The van der Waals surface area contributed by atoms with Crippen molar-refractivity contribution in [1.82, 2.24) is 25.2 Å². The van der Waals surface area contributed by atoms with Gasteiger partial charge in [-0.05, 0) is 64.7 Å². The summed E-state index contributed by atoms with van der Waals surface area (Å²) in [6, 6.07) is 24.8. The molecule has 0 fully saturated rings. The summed E-state index contributed by atoms with van der Waals surface area (Å²) in [6.45, 7) is 0. The normalized spacial score (nSPS) is 13.4. The van der Waals surface area contributed by atoms with E-state index in [0.717, 1.165) is 22.2 Å². The predicted octanol–water partition coefficient (Wildman–Crippen LogP) is 4.00. The molecule has 0 atom stereocenters. The van der Waals surface area contributed by atoms with E-state index in [1.807, 2.05) is 78.9 Å². The van der Waals surface area contributed by atoms with Gasteiger partial charge in [0.2, 0.25) is 11.8 Å². The highest BCUT2D eigenvalue weighted by Crippen LogP contribution is 2.40. The highest BCUT2D eigenvalue weighted by molar-refractivity contribution is 6.21. The van der Waals surface area contributed by atoms with Gasteiger partial charge < -0.3 is 5.32 Å². The van der Waals surface area contributed by atoms with Gasteiger partial charge >= 0.3 is 0 Å². The van der Waals surface area contributed by atoms with Gasteiger partial charge in [-0.25, -0.2) is 0 Å². The molecule has 0 aliphatic carbocycles. The lowest BCUT2D eigenvalue weighted by molar-refractivity contribution is -0.124. The maximum absolute atomic E-state index is 13.1. The Morgan fingerprint density at radius 2 is 1.64 bits per heavy atom. The van der Waals surface area contributed by atoms with Crippen LogP contribution in [0, 0.1) is 0 Å². The number of tetrazole rings is 1. The molecular weight excluding hydrogens is 454 g/mol. The Morgan fingerprint density at radius 1 is 0.833 bits per heavy atom. The molecule has 0 bridgehead atoms. The average molecular weight is 476 g/mol. The molecule has 0 radical (unpaired) electrons. The molecule has 6 rings (SSSR count). The number of hydrogen-bond acceptors (Lipinski definition) is 6. The molecule has 1 N–H and O–H groups in total. The van der Waals surface area contributed by atoms with Crippen LogP contribution in [0.2, 0.25) is 0 Å². The van der Waals surface area contributed by atoms with Crippen molar-refractivity contribution in [2.75, 3.05) is 10.2 Å². The molecule has 36 heavy (non-hydrogen) atoms. The molecule has 1 aliphatic heterocycles. The van der Waals surface area contributed by atoms with Gasteiger partial charge in [-0.1, -0.05) is 36.4 Å². The van der Waals surface area contributed by atoms with E-state index in [0.29, 0.717) is 35.7 Å². The van der Waals surface area contributed by atoms with Crippen LogP contribution in [0.1, 0.15) is 17.9 Å². The number of hydrogen-bond donors (Lipinski definition) is 1. The number of carbonyl (C=O) groups excluding carboxylic acids is 2. The number of anilines is 3. The lowest BCUT2D eigenvalue weighted by atomic mass is 10.1. The Morgan fingerprint density at radius 3 is 2.47 bits per heavy atom. The van der Waals surface area contributed by atoms with Crippen LogP contribution in [-0.2, 0) is 22.4 Å². The summed E-state index contributed by atoms with van der Waals surface area (Å²) in [7, 11) is 0. The number of pyridine rings is 1. The first kappa shape index (κ1) is 21.6. The van der Waals surface area contributed by atoms with Gasteiger partial charge in [0.15, 0.2) is 5.82 Å². The summed E-state index contributed by atoms with van der Waals surface area (Å²) < 4.78 is 1.68. The molecule has 3 aromatic carbocycles. The molecule has 2 aromatic heterocycles. The van der Waals surface area contributed by atoms with Crippen LogP contribution in [0.3, 0.4) is 0 Å². The third kappa shape index (κ3) is 3.96. The van der Waals surface area contributed by atoms with Crippen LogP contribution in [0.25, 0.3) is 16.5 Å². The smallest absolute Gasteiger partial charge is 0.241 e. The fourth-order valence-electron chi connectivity index (χ4n) is 4.49. The first-order valence-electron chi connectivity index (χ1n) is 11.6. The number of nitrogens with one attached hydrogen (secondary N) is 1. The SMILES string of the molecule is O=C1CC(=O)N(c2ccc(-n3nnnc3CCc3ccccn3)cc2)c2ccc3ccccc3c2N1. The minimum absolute atomic E-state index is 0.241. The predicted molar refractivity (Wildman–Crippen MR) is 135 cm³/mol. The molecule has 9 heteroatoms. The topological polar surface area (TPSA) is 106 Å². The zero-order valence-electron chi connectivity index (χ0n) is 19.2. The molecule has 1 aliphatic rings. The van der Waals surface area contributed by atoms with Crippen molar-refractivity contribution in [3.63, 3.8) is 0 Å². The summed E-state index contributed by atoms with van der Waals surface area (Å²) in [5, 5.41) is 17.0. The van der Waals surface area contributed by atoms with Gasteiger partial charge in [0.1, 0.15) is 6.42 Å². The highest BCUT2D eigenvalue weighted by atomic mass is 16.2.